The van der Waals surface area contributed by atoms with Crippen LogP contribution in [0.4, 0.5) is 13.2 Å². The van der Waals surface area contributed by atoms with Gasteiger partial charge in [-0.25, -0.2) is 0 Å². The highest BCUT2D eigenvalue weighted by atomic mass is 127. The summed E-state index contributed by atoms with van der Waals surface area (Å²) in [6.07, 6.45) is -0.755. The molecule has 0 radical (unpaired) electrons. The number of guanidine groups is 1. The second kappa shape index (κ2) is 13.8. The van der Waals surface area contributed by atoms with E-state index in [0.717, 1.165) is 32.4 Å². The summed E-state index contributed by atoms with van der Waals surface area (Å²) in [7, 11) is 0. The number of nitrogens with one attached hydrogen (secondary N) is 2. The number of hydrogen-bond acceptors (Lipinski definition) is 1. The first-order valence-electron chi connectivity index (χ1n) is 7.08. The Labute approximate surface area is 137 Å². The third kappa shape index (κ3) is 15.8. The van der Waals surface area contributed by atoms with Gasteiger partial charge in [-0.15, -0.1) is 24.0 Å². The zero-order chi connectivity index (χ0) is 14.6. The van der Waals surface area contributed by atoms with Gasteiger partial charge in [-0.05, 0) is 26.2 Å². The summed E-state index contributed by atoms with van der Waals surface area (Å²) in [6.45, 7) is 6.13. The molecule has 0 aliphatic carbocycles. The van der Waals surface area contributed by atoms with E-state index in [-0.39, 0.29) is 30.4 Å². The Kier molecular flexibility index (Phi) is 15.2. The van der Waals surface area contributed by atoms with Crippen LogP contribution in [0, 0.1) is 0 Å². The molecule has 20 heavy (non-hydrogen) atoms. The van der Waals surface area contributed by atoms with Crippen molar-refractivity contribution in [1.29, 1.82) is 0 Å². The molecule has 2 N–H and O–H groups in total. The van der Waals surface area contributed by atoms with Crippen molar-refractivity contribution in [2.24, 2.45) is 4.99 Å². The van der Waals surface area contributed by atoms with Crippen molar-refractivity contribution < 1.29 is 13.2 Å². The Morgan fingerprint density at radius 1 is 1.00 bits per heavy atom. The van der Waals surface area contributed by atoms with Crippen LogP contribution in [0.25, 0.3) is 0 Å². The predicted octanol–water partition coefficient (Wildman–Crippen LogP) is 4.08. The van der Waals surface area contributed by atoms with Crippen LogP contribution >= 0.6 is 24.0 Å². The van der Waals surface area contributed by atoms with E-state index >= 15 is 0 Å². The zero-order valence-corrected chi connectivity index (χ0v) is 14.7. The van der Waals surface area contributed by atoms with Gasteiger partial charge in [0.05, 0.1) is 0 Å². The summed E-state index contributed by atoms with van der Waals surface area (Å²) in [5.74, 6) is 0.700. The molecule has 0 saturated carbocycles. The van der Waals surface area contributed by atoms with Gasteiger partial charge < -0.3 is 10.6 Å². The molecule has 122 valence electrons. The van der Waals surface area contributed by atoms with Crippen LogP contribution in [0.2, 0.25) is 0 Å². The summed E-state index contributed by atoms with van der Waals surface area (Å²) >= 11 is 0. The van der Waals surface area contributed by atoms with Crippen molar-refractivity contribution in [2.45, 2.75) is 58.5 Å². The van der Waals surface area contributed by atoms with Gasteiger partial charge in [-0.2, -0.15) is 13.2 Å². The minimum atomic E-state index is -4.04. The fraction of sp³-hybridized carbons (Fsp3) is 0.923. The first-order valence-corrected chi connectivity index (χ1v) is 7.08. The summed E-state index contributed by atoms with van der Waals surface area (Å²) in [4.78, 5) is 4.37. The maximum absolute atomic E-state index is 11.9. The summed E-state index contributed by atoms with van der Waals surface area (Å²) in [5, 5.41) is 6.14. The van der Waals surface area contributed by atoms with E-state index in [2.05, 4.69) is 22.5 Å². The minimum Gasteiger partial charge on any atom is -0.357 e. The molecule has 0 aromatic rings. The molecule has 0 aliphatic rings. The molecule has 0 atom stereocenters. The molecule has 0 amide bonds. The smallest absolute Gasteiger partial charge is 0.357 e. The standard InChI is InChI=1S/C13H26F3N3.HI/c1-3-5-7-10-18-12(17-4-2)19-11-8-6-9-13(14,15)16;/h3-11H2,1-2H3,(H2,17,18,19);1H. The van der Waals surface area contributed by atoms with Crippen LogP contribution in [0.3, 0.4) is 0 Å². The van der Waals surface area contributed by atoms with Crippen LogP contribution in [0.1, 0.15) is 52.4 Å². The molecule has 0 heterocycles. The molecule has 0 rings (SSSR count). The third-order valence-electron chi connectivity index (χ3n) is 2.56. The molecule has 7 heteroatoms. The van der Waals surface area contributed by atoms with E-state index in [4.69, 9.17) is 0 Å². The van der Waals surface area contributed by atoms with Gasteiger partial charge in [0, 0.05) is 26.1 Å². The molecule has 0 aromatic heterocycles. The Bertz CT molecular complexity index is 246. The number of unbranched alkanes of at least 4 members (excludes halogenated alkanes) is 3. The van der Waals surface area contributed by atoms with Gasteiger partial charge in [0.15, 0.2) is 5.96 Å². The average molecular weight is 409 g/mol. The lowest BCUT2D eigenvalue weighted by Gasteiger charge is -2.11. The highest BCUT2D eigenvalue weighted by Gasteiger charge is 2.25. The first kappa shape index (κ1) is 22.1. The van der Waals surface area contributed by atoms with Crippen LogP contribution < -0.4 is 10.6 Å². The number of hydrogen-bond donors (Lipinski definition) is 2. The molecule has 0 aromatic carbocycles. The molecular weight excluding hydrogens is 382 g/mol. The van der Waals surface area contributed by atoms with Crippen molar-refractivity contribution in [3.05, 3.63) is 0 Å². The lowest BCUT2D eigenvalue weighted by atomic mass is 10.2. The largest absolute Gasteiger partial charge is 0.389 e. The predicted molar refractivity (Wildman–Crippen MR) is 88.8 cm³/mol. The molecule has 0 spiro atoms. The van der Waals surface area contributed by atoms with Crippen LogP contribution in [-0.2, 0) is 0 Å². The fourth-order valence-electron chi connectivity index (χ4n) is 1.55. The first-order chi connectivity index (χ1) is 8.99. The highest BCUT2D eigenvalue weighted by molar-refractivity contribution is 14.0. The Balaban J connectivity index is 0. The Morgan fingerprint density at radius 2 is 1.70 bits per heavy atom. The van der Waals surface area contributed by atoms with E-state index < -0.39 is 12.6 Å². The van der Waals surface area contributed by atoms with Gasteiger partial charge >= 0.3 is 6.18 Å². The molecule has 0 aliphatic heterocycles. The van der Waals surface area contributed by atoms with Crippen molar-refractivity contribution in [3.63, 3.8) is 0 Å². The molecule has 0 fully saturated rings. The molecule has 0 unspecified atom stereocenters. The molecule has 0 bridgehead atoms. The number of rotatable bonds is 9. The van der Waals surface area contributed by atoms with Gasteiger partial charge in [0.25, 0.3) is 0 Å². The SMILES string of the molecule is CCCCCN=C(NCC)NCCCCC(F)(F)F.I. The summed E-state index contributed by atoms with van der Waals surface area (Å²) in [5.41, 5.74) is 0. The average Bonchev–Trinajstić information content (AvgIpc) is 2.32. The van der Waals surface area contributed by atoms with Crippen LogP contribution in [0.15, 0.2) is 4.99 Å². The second-order valence-electron chi connectivity index (χ2n) is 4.47. The maximum atomic E-state index is 11.9. The van der Waals surface area contributed by atoms with E-state index in [9.17, 15) is 13.2 Å². The van der Waals surface area contributed by atoms with Gasteiger partial charge in [-0.3, -0.25) is 4.99 Å². The number of alkyl halides is 3. The topological polar surface area (TPSA) is 36.4 Å². The number of aliphatic imine (C=N–C) groups is 1. The number of nitrogens with zero attached hydrogens (tertiary/aromatic N) is 1. The van der Waals surface area contributed by atoms with E-state index in [1.165, 1.54) is 0 Å². The van der Waals surface area contributed by atoms with Gasteiger partial charge in [-0.1, -0.05) is 19.8 Å². The highest BCUT2D eigenvalue weighted by Crippen LogP contribution is 2.21. The van der Waals surface area contributed by atoms with Gasteiger partial charge in [0.1, 0.15) is 0 Å². The minimum absolute atomic E-state index is 0. The van der Waals surface area contributed by atoms with Crippen LogP contribution in [-0.4, -0.2) is 31.8 Å². The quantitative estimate of drug-likeness (QED) is 0.261. The van der Waals surface area contributed by atoms with Crippen molar-refractivity contribution in [3.8, 4) is 0 Å². The Morgan fingerprint density at radius 3 is 2.25 bits per heavy atom. The van der Waals surface area contributed by atoms with Crippen molar-refractivity contribution >= 4 is 29.9 Å². The maximum Gasteiger partial charge on any atom is 0.389 e. The molecular formula is C13H27F3IN3. The lowest BCUT2D eigenvalue weighted by molar-refractivity contribution is -0.135. The number of halogens is 4. The van der Waals surface area contributed by atoms with E-state index in [0.29, 0.717) is 18.9 Å². The third-order valence-corrected chi connectivity index (χ3v) is 2.56. The van der Waals surface area contributed by atoms with Crippen LogP contribution in [0.5, 0.6) is 0 Å². The molecule has 0 saturated heterocycles. The lowest BCUT2D eigenvalue weighted by Crippen LogP contribution is -2.37. The summed E-state index contributed by atoms with van der Waals surface area (Å²) in [6, 6.07) is 0. The summed E-state index contributed by atoms with van der Waals surface area (Å²) < 4.78 is 35.8. The van der Waals surface area contributed by atoms with Crippen molar-refractivity contribution in [2.75, 3.05) is 19.6 Å². The van der Waals surface area contributed by atoms with E-state index in [1.807, 2.05) is 6.92 Å². The van der Waals surface area contributed by atoms with Gasteiger partial charge in [0.2, 0.25) is 0 Å². The normalized spacial score (nSPS) is 11.9. The Hall–Kier alpha value is -0.210. The molecule has 3 nitrogen and oxygen atoms in total. The monoisotopic (exact) mass is 409 g/mol. The van der Waals surface area contributed by atoms with E-state index in [1.54, 1.807) is 0 Å². The zero-order valence-electron chi connectivity index (χ0n) is 12.4. The van der Waals surface area contributed by atoms with Crippen molar-refractivity contribution in [1.82, 2.24) is 10.6 Å². The second-order valence-corrected chi connectivity index (χ2v) is 4.47. The fourth-order valence-corrected chi connectivity index (χ4v) is 1.55.